The number of aromatic nitrogens is 2. The van der Waals surface area contributed by atoms with E-state index < -0.39 is 0 Å². The van der Waals surface area contributed by atoms with E-state index in [1.54, 1.807) is 17.2 Å². The Kier molecular flexibility index (Phi) is 3.12. The van der Waals surface area contributed by atoms with Crippen molar-refractivity contribution in [1.82, 2.24) is 14.9 Å². The average Bonchev–Trinajstić information content (AvgIpc) is 2.97. The number of para-hydroxylation sites is 1. The van der Waals surface area contributed by atoms with E-state index in [0.29, 0.717) is 29.2 Å². The second-order valence-electron chi connectivity index (χ2n) is 6.43. The minimum Gasteiger partial charge on any atom is -0.397 e. The minimum absolute atomic E-state index is 0.113. The van der Waals surface area contributed by atoms with Crippen molar-refractivity contribution in [1.29, 1.82) is 5.26 Å². The van der Waals surface area contributed by atoms with Crippen molar-refractivity contribution in [2.75, 3.05) is 5.73 Å². The first kappa shape index (κ1) is 15.3. The molecule has 128 valence electrons. The number of rotatable bonds is 2. The summed E-state index contributed by atoms with van der Waals surface area (Å²) in [4.78, 5) is 23.4. The molecule has 3 heterocycles. The lowest BCUT2D eigenvalue weighted by molar-refractivity contribution is 0.0831. The Balaban J connectivity index is 1.70. The molecular weight excluding hydrogens is 338 g/mol. The van der Waals surface area contributed by atoms with E-state index in [1.165, 1.54) is 0 Å². The van der Waals surface area contributed by atoms with E-state index >= 15 is 0 Å². The highest BCUT2D eigenvalue weighted by molar-refractivity contribution is 6.12. The van der Waals surface area contributed by atoms with E-state index in [9.17, 15) is 4.79 Å². The van der Waals surface area contributed by atoms with Gasteiger partial charge in [-0.3, -0.25) is 4.79 Å². The molecule has 0 unspecified atom stereocenters. The molecule has 1 aliphatic carbocycles. The second kappa shape index (κ2) is 5.51. The van der Waals surface area contributed by atoms with Crippen LogP contribution in [-0.2, 0) is 6.54 Å². The zero-order valence-corrected chi connectivity index (χ0v) is 14.2. The summed E-state index contributed by atoms with van der Waals surface area (Å²) in [6, 6.07) is 11.2. The number of anilines is 1. The fraction of sp³-hybridized carbons (Fsp3) is 0.0476. The summed E-state index contributed by atoms with van der Waals surface area (Å²) in [5.41, 5.74) is 11.7. The van der Waals surface area contributed by atoms with Crippen molar-refractivity contribution in [2.24, 2.45) is 0 Å². The smallest absolute Gasteiger partial charge is 0.262 e. The van der Waals surface area contributed by atoms with Gasteiger partial charge in [-0.2, -0.15) is 5.26 Å². The number of carbonyl (C=O) groups is 1. The zero-order valence-electron chi connectivity index (χ0n) is 14.2. The van der Waals surface area contributed by atoms with E-state index in [-0.39, 0.29) is 5.91 Å². The number of carbonyl (C=O) groups excluding carboxylic acids is 1. The molecule has 3 aromatic rings. The number of nitriles is 1. The molecule has 1 amide bonds. The molecule has 5 rings (SSSR count). The third-order valence-electron chi connectivity index (χ3n) is 4.93. The van der Waals surface area contributed by atoms with Gasteiger partial charge in [-0.15, -0.1) is 0 Å². The van der Waals surface area contributed by atoms with Crippen LogP contribution in [0.15, 0.2) is 60.5 Å². The minimum atomic E-state index is -0.113. The fourth-order valence-corrected chi connectivity index (χ4v) is 3.49. The van der Waals surface area contributed by atoms with Crippen molar-refractivity contribution in [2.45, 2.75) is 6.54 Å². The molecule has 2 aromatic heterocycles. The highest BCUT2D eigenvalue weighted by Gasteiger charge is 2.34. The molecule has 0 saturated heterocycles. The van der Waals surface area contributed by atoms with Crippen LogP contribution in [0.25, 0.3) is 22.0 Å². The van der Waals surface area contributed by atoms with E-state index in [2.05, 4.69) is 4.98 Å². The molecular formula is C21H13N5O. The van der Waals surface area contributed by atoms with Crippen LogP contribution in [0.4, 0.5) is 5.69 Å². The van der Waals surface area contributed by atoms with Gasteiger partial charge < -0.3 is 10.6 Å². The Morgan fingerprint density at radius 1 is 1.22 bits per heavy atom. The average molecular weight is 351 g/mol. The normalized spacial score (nSPS) is 14.7. The number of amides is 1. The summed E-state index contributed by atoms with van der Waals surface area (Å²) in [5.74, 6) is -0.113. The van der Waals surface area contributed by atoms with Crippen LogP contribution in [0.5, 0.6) is 0 Å². The molecule has 0 atom stereocenters. The van der Waals surface area contributed by atoms with E-state index in [4.69, 9.17) is 16.0 Å². The van der Waals surface area contributed by atoms with Gasteiger partial charge in [0.05, 0.1) is 29.0 Å². The number of nitrogen functional groups attached to an aromatic ring is 1. The molecule has 27 heavy (non-hydrogen) atoms. The number of pyridine rings is 2. The Morgan fingerprint density at radius 3 is 2.74 bits per heavy atom. The first-order chi connectivity index (χ1) is 13.2. The van der Waals surface area contributed by atoms with E-state index in [0.717, 1.165) is 27.7 Å². The highest BCUT2D eigenvalue weighted by atomic mass is 16.2. The topological polar surface area (TPSA) is 95.9 Å². The summed E-state index contributed by atoms with van der Waals surface area (Å²) < 4.78 is 0. The zero-order chi connectivity index (χ0) is 18.5. The number of fused-ring (bicyclic) bond motifs is 2. The molecule has 0 fully saturated rings. The maximum atomic E-state index is 12.8. The van der Waals surface area contributed by atoms with Crippen LogP contribution in [0.1, 0.15) is 21.7 Å². The van der Waals surface area contributed by atoms with E-state index in [1.807, 2.05) is 48.6 Å². The third kappa shape index (κ3) is 2.15. The van der Waals surface area contributed by atoms with Crippen molar-refractivity contribution in [3.8, 4) is 17.2 Å². The van der Waals surface area contributed by atoms with Gasteiger partial charge in [0, 0.05) is 28.4 Å². The summed E-state index contributed by atoms with van der Waals surface area (Å²) in [6.45, 7) is 0.407. The molecule has 6 nitrogen and oxygen atoms in total. The SMILES string of the molecule is N#Cc1ccc(-c2cccc3c(N)c4c(nc23)CN(C2=CC=C2)C4=O)cn1. The van der Waals surface area contributed by atoms with Gasteiger partial charge in [0.15, 0.2) is 0 Å². The van der Waals surface area contributed by atoms with Gasteiger partial charge in [-0.25, -0.2) is 9.97 Å². The van der Waals surface area contributed by atoms with Crippen molar-refractivity contribution in [3.63, 3.8) is 0 Å². The number of hydrogen-bond donors (Lipinski definition) is 1. The summed E-state index contributed by atoms with van der Waals surface area (Å²) in [6.07, 6.45) is 7.34. The highest BCUT2D eigenvalue weighted by Crippen LogP contribution is 2.37. The summed E-state index contributed by atoms with van der Waals surface area (Å²) in [7, 11) is 0. The lowest BCUT2D eigenvalue weighted by Gasteiger charge is -2.19. The summed E-state index contributed by atoms with van der Waals surface area (Å²) >= 11 is 0. The quantitative estimate of drug-likeness (QED) is 0.765. The molecule has 0 saturated carbocycles. The molecule has 0 bridgehead atoms. The number of benzene rings is 1. The molecule has 6 heteroatoms. The van der Waals surface area contributed by atoms with Crippen molar-refractivity contribution in [3.05, 3.63) is 77.4 Å². The predicted octanol–water partition coefficient (Wildman–Crippen LogP) is 3.16. The Morgan fingerprint density at radius 2 is 2.07 bits per heavy atom. The molecule has 1 aliphatic heterocycles. The third-order valence-corrected chi connectivity index (χ3v) is 4.93. The van der Waals surface area contributed by atoms with Crippen molar-refractivity contribution < 1.29 is 4.79 Å². The first-order valence-corrected chi connectivity index (χ1v) is 8.45. The maximum Gasteiger partial charge on any atom is 0.262 e. The Bertz CT molecular complexity index is 1230. The lowest BCUT2D eigenvalue weighted by atomic mass is 10.00. The molecule has 2 aliphatic rings. The predicted molar refractivity (Wildman–Crippen MR) is 101 cm³/mol. The number of nitrogens with zero attached hydrogens (tertiary/aromatic N) is 4. The standard InChI is InChI=1S/C21H13N5O/c22-9-13-8-7-12(10-24-13)15-5-2-6-16-19(23)18-17(25-20(15)16)11-26(21(18)27)14-3-1-4-14/h1-8,10H,11H2,(H2,23,25). The molecule has 2 N–H and O–H groups in total. The molecule has 0 spiro atoms. The van der Waals surface area contributed by atoms with Crippen LogP contribution in [-0.4, -0.2) is 20.8 Å². The Labute approximate surface area is 154 Å². The maximum absolute atomic E-state index is 12.8. The van der Waals surface area contributed by atoms with Crippen LogP contribution >= 0.6 is 0 Å². The molecule has 0 radical (unpaired) electrons. The van der Waals surface area contributed by atoms with Crippen molar-refractivity contribution >= 4 is 22.5 Å². The number of allylic oxidation sites excluding steroid dienone is 3. The number of hydrogen-bond acceptors (Lipinski definition) is 5. The monoisotopic (exact) mass is 351 g/mol. The first-order valence-electron chi connectivity index (χ1n) is 8.45. The van der Waals surface area contributed by atoms with Gasteiger partial charge >= 0.3 is 0 Å². The second-order valence-corrected chi connectivity index (χ2v) is 6.43. The fourth-order valence-electron chi connectivity index (χ4n) is 3.49. The van der Waals surface area contributed by atoms with Crippen LogP contribution < -0.4 is 5.73 Å². The molecule has 1 aromatic carbocycles. The van der Waals surface area contributed by atoms with Crippen LogP contribution in [0, 0.1) is 11.3 Å². The van der Waals surface area contributed by atoms with Gasteiger partial charge in [0.25, 0.3) is 5.91 Å². The van der Waals surface area contributed by atoms with Gasteiger partial charge in [-0.1, -0.05) is 24.3 Å². The Hall–Kier alpha value is -3.98. The van der Waals surface area contributed by atoms with Gasteiger partial charge in [0.1, 0.15) is 11.8 Å². The van der Waals surface area contributed by atoms with Crippen LogP contribution in [0.3, 0.4) is 0 Å². The van der Waals surface area contributed by atoms with Crippen LogP contribution in [0.2, 0.25) is 0 Å². The number of nitrogens with two attached hydrogens (primary N) is 1. The van der Waals surface area contributed by atoms with Gasteiger partial charge in [0.2, 0.25) is 0 Å². The largest absolute Gasteiger partial charge is 0.397 e. The summed E-state index contributed by atoms with van der Waals surface area (Å²) in [5, 5.41) is 9.69. The van der Waals surface area contributed by atoms with Gasteiger partial charge in [-0.05, 0) is 24.3 Å². The lowest BCUT2D eigenvalue weighted by Crippen LogP contribution is -2.24.